The third-order valence-electron chi connectivity index (χ3n) is 3.01. The smallest absolute Gasteiger partial charge is 0.319 e. The van der Waals surface area contributed by atoms with Crippen LogP contribution in [0.3, 0.4) is 0 Å². The maximum atomic E-state index is 12.0. The fourth-order valence-corrected chi connectivity index (χ4v) is 1.93. The maximum absolute atomic E-state index is 12.0. The van der Waals surface area contributed by atoms with E-state index in [-0.39, 0.29) is 24.3 Å². The van der Waals surface area contributed by atoms with Crippen molar-refractivity contribution < 1.29 is 19.1 Å². The number of anilines is 1. The van der Waals surface area contributed by atoms with Crippen molar-refractivity contribution in [3.05, 3.63) is 42.1 Å². The Kier molecular flexibility index (Phi) is 6.70. The van der Waals surface area contributed by atoms with Crippen LogP contribution in [0.2, 0.25) is 0 Å². The van der Waals surface area contributed by atoms with E-state index in [1.54, 1.807) is 31.2 Å². The molecule has 2 amide bonds. The SMILES string of the molecule is CCOc1ncc(NC(=O)CNC(=O)c2ccccc2)c(OCC)n1. The molecule has 132 valence electrons. The van der Waals surface area contributed by atoms with Gasteiger partial charge in [0.25, 0.3) is 5.91 Å². The Balaban J connectivity index is 1.96. The second-order valence-electron chi connectivity index (χ2n) is 4.83. The average Bonchev–Trinajstić information content (AvgIpc) is 2.63. The molecule has 0 aliphatic rings. The van der Waals surface area contributed by atoms with E-state index >= 15 is 0 Å². The number of nitrogens with one attached hydrogen (secondary N) is 2. The normalized spacial score (nSPS) is 10.0. The van der Waals surface area contributed by atoms with Crippen LogP contribution in [0.1, 0.15) is 24.2 Å². The van der Waals surface area contributed by atoms with Gasteiger partial charge in [-0.3, -0.25) is 9.59 Å². The van der Waals surface area contributed by atoms with Crippen molar-refractivity contribution in [2.75, 3.05) is 25.1 Å². The number of nitrogens with zero attached hydrogens (tertiary/aromatic N) is 2. The number of amides is 2. The highest BCUT2D eigenvalue weighted by Gasteiger charge is 2.13. The molecule has 8 nitrogen and oxygen atoms in total. The summed E-state index contributed by atoms with van der Waals surface area (Å²) in [7, 11) is 0. The molecule has 0 saturated heterocycles. The molecule has 0 unspecified atom stereocenters. The predicted molar refractivity (Wildman–Crippen MR) is 91.8 cm³/mol. The quantitative estimate of drug-likeness (QED) is 0.755. The maximum Gasteiger partial charge on any atom is 0.319 e. The van der Waals surface area contributed by atoms with Crippen LogP contribution in [0.4, 0.5) is 5.69 Å². The number of carbonyl (C=O) groups excluding carboxylic acids is 2. The van der Waals surface area contributed by atoms with E-state index in [4.69, 9.17) is 9.47 Å². The van der Waals surface area contributed by atoms with Gasteiger partial charge in [0.05, 0.1) is 26.0 Å². The molecule has 0 radical (unpaired) electrons. The van der Waals surface area contributed by atoms with Gasteiger partial charge in [-0.25, -0.2) is 4.98 Å². The number of ether oxygens (including phenoxy) is 2. The van der Waals surface area contributed by atoms with Crippen molar-refractivity contribution in [1.82, 2.24) is 15.3 Å². The monoisotopic (exact) mass is 344 g/mol. The topological polar surface area (TPSA) is 102 Å². The summed E-state index contributed by atoms with van der Waals surface area (Å²) < 4.78 is 10.6. The molecule has 0 aliphatic carbocycles. The molecule has 25 heavy (non-hydrogen) atoms. The molecular weight excluding hydrogens is 324 g/mol. The van der Waals surface area contributed by atoms with Gasteiger partial charge in [0.1, 0.15) is 5.69 Å². The van der Waals surface area contributed by atoms with Gasteiger partial charge >= 0.3 is 6.01 Å². The first-order chi connectivity index (χ1) is 12.1. The molecule has 2 N–H and O–H groups in total. The van der Waals surface area contributed by atoms with Gasteiger partial charge in [0.15, 0.2) is 0 Å². The van der Waals surface area contributed by atoms with Crippen molar-refractivity contribution in [2.24, 2.45) is 0 Å². The van der Waals surface area contributed by atoms with E-state index in [1.165, 1.54) is 6.20 Å². The number of carbonyl (C=O) groups is 2. The predicted octanol–water partition coefficient (Wildman–Crippen LogP) is 1.64. The van der Waals surface area contributed by atoms with E-state index in [1.807, 2.05) is 13.0 Å². The first-order valence-electron chi connectivity index (χ1n) is 7.89. The van der Waals surface area contributed by atoms with E-state index in [0.717, 1.165) is 0 Å². The molecule has 2 aromatic rings. The summed E-state index contributed by atoms with van der Waals surface area (Å²) in [5.74, 6) is -0.537. The molecule has 1 aromatic carbocycles. The fourth-order valence-electron chi connectivity index (χ4n) is 1.93. The third-order valence-corrected chi connectivity index (χ3v) is 3.01. The van der Waals surface area contributed by atoms with E-state index in [2.05, 4.69) is 20.6 Å². The number of rotatable bonds is 8. The molecule has 2 rings (SSSR count). The second-order valence-corrected chi connectivity index (χ2v) is 4.83. The minimum absolute atomic E-state index is 0.168. The van der Waals surface area contributed by atoms with Crippen LogP contribution in [0, 0.1) is 0 Å². The van der Waals surface area contributed by atoms with Gasteiger partial charge in [-0.1, -0.05) is 18.2 Å². The molecule has 0 aliphatic heterocycles. The summed E-state index contributed by atoms with van der Waals surface area (Å²) >= 11 is 0. The molecule has 0 fully saturated rings. The highest BCUT2D eigenvalue weighted by Crippen LogP contribution is 2.23. The highest BCUT2D eigenvalue weighted by atomic mass is 16.5. The van der Waals surface area contributed by atoms with Gasteiger partial charge in [-0.2, -0.15) is 4.98 Å². The zero-order chi connectivity index (χ0) is 18.1. The Morgan fingerprint density at radius 1 is 1.08 bits per heavy atom. The van der Waals surface area contributed by atoms with E-state index in [9.17, 15) is 9.59 Å². The molecule has 0 atom stereocenters. The van der Waals surface area contributed by atoms with Crippen LogP contribution in [0.15, 0.2) is 36.5 Å². The van der Waals surface area contributed by atoms with E-state index in [0.29, 0.717) is 24.5 Å². The van der Waals surface area contributed by atoms with Crippen molar-refractivity contribution in [1.29, 1.82) is 0 Å². The Labute approximate surface area is 145 Å². The highest BCUT2D eigenvalue weighted by molar-refractivity contribution is 5.99. The van der Waals surface area contributed by atoms with Crippen molar-refractivity contribution >= 4 is 17.5 Å². The molecule has 8 heteroatoms. The lowest BCUT2D eigenvalue weighted by Crippen LogP contribution is -2.33. The fraction of sp³-hybridized carbons (Fsp3) is 0.294. The molecule has 0 saturated carbocycles. The second kappa shape index (κ2) is 9.21. The summed E-state index contributed by atoms with van der Waals surface area (Å²) in [6.45, 7) is 4.22. The van der Waals surface area contributed by atoms with Crippen molar-refractivity contribution in [3.8, 4) is 11.9 Å². The van der Waals surface area contributed by atoms with Gasteiger partial charge in [-0.15, -0.1) is 0 Å². The third kappa shape index (κ3) is 5.45. The lowest BCUT2D eigenvalue weighted by molar-refractivity contribution is -0.115. The number of hydrogen-bond acceptors (Lipinski definition) is 6. The first kappa shape index (κ1) is 18.2. The van der Waals surface area contributed by atoms with Gasteiger partial charge < -0.3 is 20.1 Å². The largest absolute Gasteiger partial charge is 0.476 e. The first-order valence-corrected chi connectivity index (χ1v) is 7.89. The van der Waals surface area contributed by atoms with Gasteiger partial charge in [-0.05, 0) is 26.0 Å². The number of hydrogen-bond donors (Lipinski definition) is 2. The molecule has 1 aromatic heterocycles. The van der Waals surface area contributed by atoms with Crippen molar-refractivity contribution in [2.45, 2.75) is 13.8 Å². The number of aromatic nitrogens is 2. The minimum atomic E-state index is -0.419. The van der Waals surface area contributed by atoms with Crippen molar-refractivity contribution in [3.63, 3.8) is 0 Å². The van der Waals surface area contributed by atoms with Gasteiger partial charge in [0, 0.05) is 5.56 Å². The van der Waals surface area contributed by atoms with Crippen LogP contribution in [0.25, 0.3) is 0 Å². The number of benzene rings is 1. The van der Waals surface area contributed by atoms with Crippen LogP contribution in [0.5, 0.6) is 11.9 Å². The van der Waals surface area contributed by atoms with Crippen LogP contribution in [-0.2, 0) is 4.79 Å². The van der Waals surface area contributed by atoms with Crippen LogP contribution >= 0.6 is 0 Å². The lowest BCUT2D eigenvalue weighted by atomic mass is 10.2. The summed E-state index contributed by atoms with van der Waals surface area (Å²) in [5.41, 5.74) is 0.791. The van der Waals surface area contributed by atoms with Crippen LogP contribution in [-0.4, -0.2) is 41.5 Å². The average molecular weight is 344 g/mol. The molecule has 0 spiro atoms. The summed E-state index contributed by atoms with van der Waals surface area (Å²) in [5, 5.41) is 5.16. The Morgan fingerprint density at radius 3 is 2.48 bits per heavy atom. The van der Waals surface area contributed by atoms with E-state index < -0.39 is 5.91 Å². The molecule has 0 bridgehead atoms. The van der Waals surface area contributed by atoms with Crippen LogP contribution < -0.4 is 20.1 Å². The Bertz CT molecular complexity index is 722. The lowest BCUT2D eigenvalue weighted by Gasteiger charge is -2.11. The zero-order valence-corrected chi connectivity index (χ0v) is 14.1. The standard InChI is InChI=1S/C17H20N4O4/c1-3-24-16-13(10-19-17(21-16)25-4-2)20-14(22)11-18-15(23)12-8-6-5-7-9-12/h5-10H,3-4,11H2,1-2H3,(H,18,23)(H,20,22). The zero-order valence-electron chi connectivity index (χ0n) is 14.1. The Hall–Kier alpha value is -3.16. The summed E-state index contributed by atoms with van der Waals surface area (Å²) in [6.07, 6.45) is 1.40. The van der Waals surface area contributed by atoms with Gasteiger partial charge in [0.2, 0.25) is 11.8 Å². The Morgan fingerprint density at radius 2 is 1.80 bits per heavy atom. The summed E-state index contributed by atoms with van der Waals surface area (Å²) in [4.78, 5) is 32.1. The summed E-state index contributed by atoms with van der Waals surface area (Å²) in [6, 6.07) is 8.81. The minimum Gasteiger partial charge on any atom is -0.476 e. The molecule has 1 heterocycles. The molecular formula is C17H20N4O4.